The van der Waals surface area contributed by atoms with Crippen molar-refractivity contribution in [1.82, 2.24) is 0 Å². The molecule has 0 spiro atoms. The fraction of sp³-hybridized carbons (Fsp3) is 0.200. The van der Waals surface area contributed by atoms with Gasteiger partial charge in [0.1, 0.15) is 0 Å². The van der Waals surface area contributed by atoms with E-state index in [1.807, 2.05) is 24.3 Å². The van der Waals surface area contributed by atoms with Crippen LogP contribution < -0.4 is 0 Å². The molecule has 1 aromatic rings. The summed E-state index contributed by atoms with van der Waals surface area (Å²) in [7, 11) is 0. The summed E-state index contributed by atoms with van der Waals surface area (Å²) < 4.78 is 0. The predicted octanol–water partition coefficient (Wildman–Crippen LogP) is 2.60. The predicted molar refractivity (Wildman–Crippen MR) is 72.8 cm³/mol. The van der Waals surface area contributed by atoms with Crippen molar-refractivity contribution in [1.29, 1.82) is 0 Å². The Hall–Kier alpha value is -2.36. The van der Waals surface area contributed by atoms with E-state index in [-0.39, 0.29) is 0 Å². The highest BCUT2D eigenvalue weighted by molar-refractivity contribution is 5.81. The lowest BCUT2D eigenvalue weighted by Crippen LogP contribution is -2.12. The first-order valence-corrected chi connectivity index (χ1v) is 5.88. The maximum Gasteiger partial charge on any atom is 0.328 e. The maximum absolute atomic E-state index is 11.0. The number of aliphatic carboxylic acids is 2. The summed E-state index contributed by atoms with van der Waals surface area (Å²) in [6.45, 7) is 3.66. The SMILES string of the molecule is C=Cc1ccc(CCC(/C=C/C(=O)O)C(=O)O)cc1. The summed E-state index contributed by atoms with van der Waals surface area (Å²) in [6, 6.07) is 7.64. The number of benzene rings is 1. The standard InChI is InChI=1S/C15H16O4/c1-2-11-3-5-12(6-4-11)7-8-13(15(18)19)9-10-14(16)17/h2-6,9-10,13H,1,7-8H2,(H,16,17)(H,18,19)/b10-9+. The number of hydrogen-bond donors (Lipinski definition) is 2. The summed E-state index contributed by atoms with van der Waals surface area (Å²) in [5, 5.41) is 17.5. The van der Waals surface area contributed by atoms with Crippen LogP contribution in [0, 0.1) is 5.92 Å². The van der Waals surface area contributed by atoms with Crippen LogP contribution in [0.25, 0.3) is 6.08 Å². The van der Waals surface area contributed by atoms with Gasteiger partial charge in [-0.2, -0.15) is 0 Å². The van der Waals surface area contributed by atoms with Crippen molar-refractivity contribution in [2.75, 3.05) is 0 Å². The molecule has 0 radical (unpaired) electrons. The molecule has 0 bridgehead atoms. The highest BCUT2D eigenvalue weighted by Gasteiger charge is 2.14. The number of carboxylic acid groups (broad SMARTS) is 2. The second-order valence-electron chi connectivity index (χ2n) is 4.13. The lowest BCUT2D eigenvalue weighted by Gasteiger charge is -2.07. The largest absolute Gasteiger partial charge is 0.481 e. The molecule has 2 N–H and O–H groups in total. The first-order chi connectivity index (χ1) is 9.02. The zero-order valence-corrected chi connectivity index (χ0v) is 10.5. The van der Waals surface area contributed by atoms with Crippen LogP contribution >= 0.6 is 0 Å². The lowest BCUT2D eigenvalue weighted by molar-refractivity contribution is -0.140. The van der Waals surface area contributed by atoms with E-state index >= 15 is 0 Å². The molecule has 0 aliphatic rings. The van der Waals surface area contributed by atoms with Crippen LogP contribution in [-0.4, -0.2) is 22.2 Å². The monoisotopic (exact) mass is 260 g/mol. The van der Waals surface area contributed by atoms with Crippen LogP contribution in [0.1, 0.15) is 17.5 Å². The molecule has 0 saturated heterocycles. The zero-order chi connectivity index (χ0) is 14.3. The van der Waals surface area contributed by atoms with Gasteiger partial charge in [0.2, 0.25) is 0 Å². The molecule has 1 atom stereocenters. The van der Waals surface area contributed by atoms with Gasteiger partial charge in [-0.3, -0.25) is 4.79 Å². The first kappa shape index (κ1) is 14.7. The molecule has 4 nitrogen and oxygen atoms in total. The highest BCUT2D eigenvalue weighted by Crippen LogP contribution is 2.13. The number of hydrogen-bond acceptors (Lipinski definition) is 2. The Morgan fingerprint density at radius 3 is 2.32 bits per heavy atom. The molecular formula is C15H16O4. The lowest BCUT2D eigenvalue weighted by atomic mass is 9.98. The molecule has 4 heteroatoms. The summed E-state index contributed by atoms with van der Waals surface area (Å²) >= 11 is 0. The summed E-state index contributed by atoms with van der Waals surface area (Å²) in [5.74, 6) is -2.93. The summed E-state index contributed by atoms with van der Waals surface area (Å²) in [4.78, 5) is 21.4. The average molecular weight is 260 g/mol. The molecule has 1 aromatic carbocycles. The highest BCUT2D eigenvalue weighted by atomic mass is 16.4. The fourth-order valence-corrected chi connectivity index (χ4v) is 1.64. The van der Waals surface area contributed by atoms with Crippen molar-refractivity contribution in [3.8, 4) is 0 Å². The Labute approximate surface area is 111 Å². The minimum atomic E-state index is -1.14. The maximum atomic E-state index is 11.0. The molecule has 1 rings (SSSR count). The Morgan fingerprint density at radius 2 is 1.84 bits per heavy atom. The minimum Gasteiger partial charge on any atom is -0.481 e. The molecule has 0 aliphatic heterocycles. The van der Waals surface area contributed by atoms with Gasteiger partial charge >= 0.3 is 11.9 Å². The van der Waals surface area contributed by atoms with E-state index in [1.165, 1.54) is 6.08 Å². The molecule has 0 saturated carbocycles. The van der Waals surface area contributed by atoms with E-state index in [9.17, 15) is 9.59 Å². The van der Waals surface area contributed by atoms with Gasteiger partial charge in [-0.1, -0.05) is 43.0 Å². The third-order valence-electron chi connectivity index (χ3n) is 2.75. The van der Waals surface area contributed by atoms with Gasteiger partial charge in [-0.25, -0.2) is 4.79 Å². The molecule has 0 aliphatic carbocycles. The van der Waals surface area contributed by atoms with Crippen molar-refractivity contribution < 1.29 is 19.8 Å². The average Bonchev–Trinajstić information content (AvgIpc) is 2.38. The third kappa shape index (κ3) is 5.21. The Bertz CT molecular complexity index is 485. The molecule has 0 aromatic heterocycles. The van der Waals surface area contributed by atoms with Crippen LogP contribution in [0.3, 0.4) is 0 Å². The number of carbonyl (C=O) groups is 2. The van der Waals surface area contributed by atoms with E-state index in [0.717, 1.165) is 17.2 Å². The van der Waals surface area contributed by atoms with Gasteiger partial charge in [0.15, 0.2) is 0 Å². The zero-order valence-electron chi connectivity index (χ0n) is 10.5. The Kier molecular flexibility index (Phi) is 5.54. The number of rotatable bonds is 7. The first-order valence-electron chi connectivity index (χ1n) is 5.88. The third-order valence-corrected chi connectivity index (χ3v) is 2.75. The molecule has 0 amide bonds. The van der Waals surface area contributed by atoms with Crippen LogP contribution in [0.15, 0.2) is 43.0 Å². The van der Waals surface area contributed by atoms with Gasteiger partial charge < -0.3 is 10.2 Å². The topological polar surface area (TPSA) is 74.6 Å². The number of carboxylic acids is 2. The van der Waals surface area contributed by atoms with Crippen molar-refractivity contribution in [3.63, 3.8) is 0 Å². The second-order valence-corrected chi connectivity index (χ2v) is 4.13. The van der Waals surface area contributed by atoms with E-state index in [1.54, 1.807) is 6.08 Å². The van der Waals surface area contributed by atoms with Crippen molar-refractivity contribution >= 4 is 18.0 Å². The molecular weight excluding hydrogens is 244 g/mol. The Balaban J connectivity index is 2.62. The molecule has 0 fully saturated rings. The minimum absolute atomic E-state index is 0.368. The van der Waals surface area contributed by atoms with E-state index in [2.05, 4.69) is 6.58 Å². The normalized spacial score (nSPS) is 12.2. The van der Waals surface area contributed by atoms with Gasteiger partial charge in [0.25, 0.3) is 0 Å². The van der Waals surface area contributed by atoms with Crippen LogP contribution in [0.4, 0.5) is 0 Å². The molecule has 100 valence electrons. The van der Waals surface area contributed by atoms with Gasteiger partial charge in [0.05, 0.1) is 5.92 Å². The Morgan fingerprint density at radius 1 is 1.21 bits per heavy atom. The van der Waals surface area contributed by atoms with Crippen LogP contribution in [0.2, 0.25) is 0 Å². The summed E-state index contributed by atoms with van der Waals surface area (Å²) in [5.41, 5.74) is 2.02. The number of aryl methyl sites for hydroxylation is 1. The quantitative estimate of drug-likeness (QED) is 0.739. The van der Waals surface area contributed by atoms with Crippen LogP contribution in [0.5, 0.6) is 0 Å². The van der Waals surface area contributed by atoms with Crippen molar-refractivity contribution in [2.24, 2.45) is 5.92 Å². The second kappa shape index (κ2) is 7.16. The van der Waals surface area contributed by atoms with Gasteiger partial charge in [-0.05, 0) is 24.0 Å². The molecule has 1 unspecified atom stereocenters. The van der Waals surface area contributed by atoms with E-state index in [4.69, 9.17) is 10.2 Å². The van der Waals surface area contributed by atoms with E-state index < -0.39 is 17.9 Å². The fourth-order valence-electron chi connectivity index (χ4n) is 1.64. The van der Waals surface area contributed by atoms with E-state index in [0.29, 0.717) is 12.8 Å². The summed E-state index contributed by atoms with van der Waals surface area (Å²) in [6.07, 6.45) is 4.77. The van der Waals surface area contributed by atoms with Crippen LogP contribution in [-0.2, 0) is 16.0 Å². The smallest absolute Gasteiger partial charge is 0.328 e. The van der Waals surface area contributed by atoms with Gasteiger partial charge in [-0.15, -0.1) is 0 Å². The molecule has 19 heavy (non-hydrogen) atoms. The van der Waals surface area contributed by atoms with Crippen molar-refractivity contribution in [3.05, 3.63) is 54.1 Å². The molecule has 0 heterocycles. The van der Waals surface area contributed by atoms with Gasteiger partial charge in [0, 0.05) is 6.08 Å². The van der Waals surface area contributed by atoms with Crippen molar-refractivity contribution in [2.45, 2.75) is 12.8 Å².